The van der Waals surface area contributed by atoms with Crippen LogP contribution >= 0.6 is 0 Å². The third-order valence-electron chi connectivity index (χ3n) is 4.10. The molecule has 0 radical (unpaired) electrons. The second-order valence-electron chi connectivity index (χ2n) is 6.17. The van der Waals surface area contributed by atoms with Crippen molar-refractivity contribution in [1.82, 2.24) is 9.97 Å². The van der Waals surface area contributed by atoms with Gasteiger partial charge < -0.3 is 20.9 Å². The lowest BCUT2D eigenvalue weighted by Gasteiger charge is -2.14. The van der Waals surface area contributed by atoms with E-state index in [1.165, 1.54) is 5.56 Å². The summed E-state index contributed by atoms with van der Waals surface area (Å²) in [6, 6.07) is 15.5. The summed E-state index contributed by atoms with van der Waals surface area (Å²) in [6.07, 6.45) is 0. The van der Waals surface area contributed by atoms with E-state index >= 15 is 0 Å². The van der Waals surface area contributed by atoms with Crippen molar-refractivity contribution in [3.8, 4) is 28.8 Å². The lowest BCUT2D eigenvalue weighted by molar-refractivity contribution is 0.269. The first kappa shape index (κ1) is 19.0. The first-order valence-electron chi connectivity index (χ1n) is 8.80. The van der Waals surface area contributed by atoms with Crippen LogP contribution in [0.15, 0.2) is 42.5 Å². The summed E-state index contributed by atoms with van der Waals surface area (Å²) in [5.74, 6) is 1.19. The van der Waals surface area contributed by atoms with Crippen molar-refractivity contribution in [3.63, 3.8) is 0 Å². The Morgan fingerprint density at radius 1 is 1.00 bits per heavy atom. The average Bonchev–Trinajstić information content (AvgIpc) is 2.68. The quantitative estimate of drug-likeness (QED) is 0.677. The highest BCUT2D eigenvalue weighted by Crippen LogP contribution is 2.34. The normalized spacial score (nSPS) is 10.3. The molecule has 3 aromatic rings. The minimum absolute atomic E-state index is 0.00385. The number of anilines is 2. The number of rotatable bonds is 6. The molecule has 0 spiro atoms. The van der Waals surface area contributed by atoms with Crippen molar-refractivity contribution < 1.29 is 9.47 Å². The molecule has 0 aliphatic carbocycles. The molecule has 0 aliphatic heterocycles. The summed E-state index contributed by atoms with van der Waals surface area (Å²) in [6.45, 7) is 4.80. The predicted molar refractivity (Wildman–Crippen MR) is 108 cm³/mol. The number of hydrogen-bond acceptors (Lipinski definition) is 7. The van der Waals surface area contributed by atoms with Crippen LogP contribution < -0.4 is 20.9 Å². The molecule has 0 bridgehead atoms. The molecule has 0 fully saturated rings. The highest BCUT2D eigenvalue weighted by atomic mass is 16.5. The Kier molecular flexibility index (Phi) is 5.61. The van der Waals surface area contributed by atoms with Crippen LogP contribution in [0, 0.1) is 18.3 Å². The smallest absolute Gasteiger partial charge is 0.222 e. The van der Waals surface area contributed by atoms with E-state index in [1.807, 2.05) is 44.2 Å². The number of nitrogens with zero attached hydrogens (tertiary/aromatic N) is 3. The number of nitrogens with two attached hydrogens (primary N) is 2. The molecule has 1 aromatic heterocycles. The zero-order valence-corrected chi connectivity index (χ0v) is 15.8. The average molecular weight is 375 g/mol. The number of nitrogen functional groups attached to an aromatic ring is 2. The van der Waals surface area contributed by atoms with Gasteiger partial charge in [0.25, 0.3) is 0 Å². The molecular weight excluding hydrogens is 354 g/mol. The van der Waals surface area contributed by atoms with E-state index < -0.39 is 0 Å². The molecule has 7 nitrogen and oxygen atoms in total. The molecule has 0 saturated heterocycles. The summed E-state index contributed by atoms with van der Waals surface area (Å²) < 4.78 is 11.7. The molecule has 1 heterocycles. The molecule has 4 N–H and O–H groups in total. The van der Waals surface area contributed by atoms with E-state index in [1.54, 1.807) is 18.2 Å². The zero-order chi connectivity index (χ0) is 20.1. The topological polar surface area (TPSA) is 120 Å². The van der Waals surface area contributed by atoms with E-state index in [2.05, 4.69) is 9.97 Å². The molecule has 0 amide bonds. The third-order valence-corrected chi connectivity index (χ3v) is 4.10. The van der Waals surface area contributed by atoms with Crippen molar-refractivity contribution in [3.05, 3.63) is 59.2 Å². The number of nitriles is 1. The first-order valence-corrected chi connectivity index (χ1v) is 8.80. The Morgan fingerprint density at radius 2 is 1.75 bits per heavy atom. The number of aryl methyl sites for hydroxylation is 1. The fourth-order valence-corrected chi connectivity index (χ4v) is 2.70. The second-order valence-corrected chi connectivity index (χ2v) is 6.17. The van der Waals surface area contributed by atoms with Crippen LogP contribution in [0.25, 0.3) is 11.3 Å². The molecule has 28 heavy (non-hydrogen) atoms. The molecule has 142 valence electrons. The third kappa shape index (κ3) is 4.13. The van der Waals surface area contributed by atoms with Gasteiger partial charge in [0, 0.05) is 5.56 Å². The summed E-state index contributed by atoms with van der Waals surface area (Å²) in [7, 11) is 0. The van der Waals surface area contributed by atoms with E-state index in [4.69, 9.17) is 20.9 Å². The Balaban J connectivity index is 1.93. The van der Waals surface area contributed by atoms with Gasteiger partial charge in [-0.2, -0.15) is 10.2 Å². The number of ether oxygens (including phenoxy) is 2. The highest BCUT2D eigenvalue weighted by Gasteiger charge is 2.16. The minimum Gasteiger partial charge on any atom is -0.490 e. The van der Waals surface area contributed by atoms with Gasteiger partial charge in [-0.3, -0.25) is 0 Å². The maximum absolute atomic E-state index is 9.40. The lowest BCUT2D eigenvalue weighted by atomic mass is 10.1. The standard InChI is InChI=1S/C21H21N5O2/c1-3-27-18-10-15(19-16(11-22)20(23)26-21(24)25-19)8-9-17(18)28-12-14-6-4-13(2)5-7-14/h4-10H,3,12H2,1-2H3,(H4,23,24,25,26). The van der Waals surface area contributed by atoms with Gasteiger partial charge in [0.05, 0.1) is 12.3 Å². The van der Waals surface area contributed by atoms with Gasteiger partial charge in [0.2, 0.25) is 5.95 Å². The second kappa shape index (κ2) is 8.27. The fourth-order valence-electron chi connectivity index (χ4n) is 2.70. The van der Waals surface area contributed by atoms with Crippen molar-refractivity contribution >= 4 is 11.8 Å². The van der Waals surface area contributed by atoms with Crippen LogP contribution in [0.3, 0.4) is 0 Å². The molecule has 0 atom stereocenters. The van der Waals surface area contributed by atoms with Crippen molar-refractivity contribution in [2.24, 2.45) is 0 Å². The Labute approximate surface area is 163 Å². The number of benzene rings is 2. The molecule has 7 heteroatoms. The Hall–Kier alpha value is -3.79. The predicted octanol–water partition coefficient (Wildman–Crippen LogP) is 3.47. The molecule has 0 aliphatic rings. The van der Waals surface area contributed by atoms with Crippen molar-refractivity contribution in [1.29, 1.82) is 5.26 Å². The summed E-state index contributed by atoms with van der Waals surface area (Å²) in [5, 5.41) is 9.40. The van der Waals surface area contributed by atoms with E-state index in [0.717, 1.165) is 5.56 Å². The largest absolute Gasteiger partial charge is 0.490 e. The maximum Gasteiger partial charge on any atom is 0.222 e. The monoisotopic (exact) mass is 375 g/mol. The Morgan fingerprint density at radius 3 is 2.43 bits per heavy atom. The van der Waals surface area contributed by atoms with Crippen LogP contribution in [0.4, 0.5) is 11.8 Å². The van der Waals surface area contributed by atoms with E-state index in [9.17, 15) is 5.26 Å². The van der Waals surface area contributed by atoms with Crippen molar-refractivity contribution in [2.75, 3.05) is 18.1 Å². The fraction of sp³-hybridized carbons (Fsp3) is 0.190. The lowest BCUT2D eigenvalue weighted by Crippen LogP contribution is -2.05. The maximum atomic E-state index is 9.40. The van der Waals surface area contributed by atoms with Gasteiger partial charge in [-0.25, -0.2) is 4.98 Å². The Bertz CT molecular complexity index is 1030. The van der Waals surface area contributed by atoms with Gasteiger partial charge in [-0.1, -0.05) is 29.8 Å². The molecule has 0 unspecified atom stereocenters. The molecular formula is C21H21N5O2. The minimum atomic E-state index is 0.00385. The SMILES string of the molecule is CCOc1cc(-c2nc(N)nc(N)c2C#N)ccc1OCc1ccc(C)cc1. The van der Waals surface area contributed by atoms with Gasteiger partial charge in [-0.05, 0) is 37.6 Å². The van der Waals surface area contributed by atoms with Crippen LogP contribution in [-0.2, 0) is 6.61 Å². The van der Waals surface area contributed by atoms with E-state index in [-0.39, 0.29) is 17.3 Å². The van der Waals surface area contributed by atoms with Gasteiger partial charge in [0.1, 0.15) is 24.1 Å². The highest BCUT2D eigenvalue weighted by molar-refractivity contribution is 5.74. The zero-order valence-electron chi connectivity index (χ0n) is 15.8. The molecule has 2 aromatic carbocycles. The number of aromatic nitrogens is 2. The number of hydrogen-bond donors (Lipinski definition) is 2. The van der Waals surface area contributed by atoms with Crippen molar-refractivity contribution in [2.45, 2.75) is 20.5 Å². The molecule has 0 saturated carbocycles. The van der Waals surface area contributed by atoms with E-state index in [0.29, 0.717) is 36.0 Å². The summed E-state index contributed by atoms with van der Waals surface area (Å²) in [5.41, 5.74) is 14.9. The van der Waals surface area contributed by atoms with Crippen LogP contribution in [0.5, 0.6) is 11.5 Å². The first-order chi connectivity index (χ1) is 13.5. The molecule has 3 rings (SSSR count). The summed E-state index contributed by atoms with van der Waals surface area (Å²) >= 11 is 0. The summed E-state index contributed by atoms with van der Waals surface area (Å²) in [4.78, 5) is 8.02. The van der Waals surface area contributed by atoms with Gasteiger partial charge in [0.15, 0.2) is 11.5 Å². The van der Waals surface area contributed by atoms with Gasteiger partial charge in [-0.15, -0.1) is 0 Å². The van der Waals surface area contributed by atoms with Crippen LogP contribution in [0.1, 0.15) is 23.6 Å². The van der Waals surface area contributed by atoms with Crippen LogP contribution in [0.2, 0.25) is 0 Å². The van der Waals surface area contributed by atoms with Gasteiger partial charge >= 0.3 is 0 Å². The van der Waals surface area contributed by atoms with Crippen LogP contribution in [-0.4, -0.2) is 16.6 Å².